The average Bonchev–Trinajstić information content (AvgIpc) is 3.64. The number of hydrogen-bond donors (Lipinski definition) is 0. The predicted octanol–water partition coefficient (Wildman–Crippen LogP) is 5.06. The molecule has 5 rings (SSSR count). The maximum Gasteiger partial charge on any atom is 0.410 e. The number of aryl methyl sites for hydroxylation is 1. The number of piperazine rings is 1. The van der Waals surface area contributed by atoms with E-state index < -0.39 is 5.60 Å². The summed E-state index contributed by atoms with van der Waals surface area (Å²) in [7, 11) is 0. The van der Waals surface area contributed by atoms with Gasteiger partial charge in [-0.25, -0.2) is 14.8 Å². The molecule has 2 aromatic heterocycles. The number of aromatic nitrogens is 3. The van der Waals surface area contributed by atoms with Crippen molar-refractivity contribution in [3.05, 3.63) is 59.3 Å². The molecule has 7 heteroatoms. The van der Waals surface area contributed by atoms with E-state index in [1.54, 1.807) is 6.33 Å². The van der Waals surface area contributed by atoms with Crippen LogP contribution in [-0.4, -0.2) is 57.2 Å². The topological polar surface area (TPSA) is 71.5 Å². The van der Waals surface area contributed by atoms with Gasteiger partial charge in [0, 0.05) is 50.1 Å². The van der Waals surface area contributed by atoms with E-state index in [4.69, 9.17) is 14.7 Å². The summed E-state index contributed by atoms with van der Waals surface area (Å²) in [6.07, 6.45) is 13.0. The van der Waals surface area contributed by atoms with Crippen molar-refractivity contribution < 1.29 is 9.53 Å². The number of fused-ring (bicyclic) bond motifs is 1. The minimum absolute atomic E-state index is 0.118. The highest BCUT2D eigenvalue weighted by Crippen LogP contribution is 2.47. The summed E-state index contributed by atoms with van der Waals surface area (Å²) in [6.45, 7) is 11.9. The second-order valence-corrected chi connectivity index (χ2v) is 11.0. The summed E-state index contributed by atoms with van der Waals surface area (Å²) in [4.78, 5) is 30.8. The lowest BCUT2D eigenvalue weighted by atomic mass is 9.97. The first-order chi connectivity index (χ1) is 16.7. The molecule has 2 fully saturated rings. The van der Waals surface area contributed by atoms with Crippen LogP contribution in [0.3, 0.4) is 0 Å². The molecule has 7 nitrogen and oxygen atoms in total. The highest BCUT2D eigenvalue weighted by Gasteiger charge is 2.36. The summed E-state index contributed by atoms with van der Waals surface area (Å²) in [6, 6.07) is 2.31. The third kappa shape index (κ3) is 5.09. The Kier molecular flexibility index (Phi) is 6.11. The van der Waals surface area contributed by atoms with Gasteiger partial charge in [0.05, 0.1) is 5.69 Å². The van der Waals surface area contributed by atoms with E-state index in [0.717, 1.165) is 29.1 Å². The zero-order valence-corrected chi connectivity index (χ0v) is 21.4. The number of anilines is 1. The summed E-state index contributed by atoms with van der Waals surface area (Å²) >= 11 is 0. The van der Waals surface area contributed by atoms with Gasteiger partial charge in [-0.3, -0.25) is 4.98 Å². The van der Waals surface area contributed by atoms with Crippen molar-refractivity contribution in [2.45, 2.75) is 65.5 Å². The van der Waals surface area contributed by atoms with E-state index in [0.29, 0.717) is 25.6 Å². The Morgan fingerprint density at radius 3 is 2.60 bits per heavy atom. The lowest BCUT2D eigenvalue weighted by Crippen LogP contribution is -2.55. The van der Waals surface area contributed by atoms with Gasteiger partial charge in [0.2, 0.25) is 0 Å². The molecule has 3 heterocycles. The first kappa shape index (κ1) is 23.5. The van der Waals surface area contributed by atoms with Crippen LogP contribution < -0.4 is 4.90 Å². The molecule has 0 spiro atoms. The lowest BCUT2D eigenvalue weighted by Gasteiger charge is -2.41. The smallest absolute Gasteiger partial charge is 0.410 e. The van der Waals surface area contributed by atoms with Gasteiger partial charge in [-0.2, -0.15) is 0 Å². The van der Waals surface area contributed by atoms with Crippen LogP contribution in [0, 0.1) is 12.8 Å². The molecule has 1 atom stereocenters. The van der Waals surface area contributed by atoms with Gasteiger partial charge >= 0.3 is 6.09 Å². The average molecular weight is 474 g/mol. The van der Waals surface area contributed by atoms with Gasteiger partial charge in [-0.1, -0.05) is 12.2 Å². The standard InChI is InChI=1S/C28H35N5O2/c1-18-12-22(15-29-14-18)21-8-9-23(20-6-7-20)25-24(13-21)30-17-31-26(25)33-11-10-32(16-19(33)2)27(34)35-28(3,4)5/h8-9,12,14-15,17,19-20H,6-7,10-11,13,16H2,1-5H3/t19-/m0/s1. The number of carbonyl (C=O) groups excluding carboxylic acids is 1. The fraction of sp³-hybridized carbons (Fsp3) is 0.500. The maximum atomic E-state index is 12.7. The van der Waals surface area contributed by atoms with Crippen molar-refractivity contribution in [1.29, 1.82) is 0 Å². The molecule has 0 radical (unpaired) electrons. The van der Waals surface area contributed by atoms with Crippen molar-refractivity contribution in [3.63, 3.8) is 0 Å². The fourth-order valence-electron chi connectivity index (χ4n) is 5.00. The fourth-order valence-corrected chi connectivity index (χ4v) is 5.00. The number of rotatable bonds is 3. The molecular formula is C28H35N5O2. The molecule has 1 amide bonds. The number of ether oxygens (including phenoxy) is 1. The number of allylic oxidation sites excluding steroid dienone is 4. The normalized spacial score (nSPS) is 20.5. The summed E-state index contributed by atoms with van der Waals surface area (Å²) in [5.41, 5.74) is 6.62. The Balaban J connectivity index is 1.45. The number of pyridine rings is 1. The van der Waals surface area contributed by atoms with E-state index >= 15 is 0 Å². The number of amides is 1. The van der Waals surface area contributed by atoms with Crippen molar-refractivity contribution in [3.8, 4) is 0 Å². The highest BCUT2D eigenvalue weighted by molar-refractivity contribution is 5.85. The van der Waals surface area contributed by atoms with Crippen molar-refractivity contribution in [2.75, 3.05) is 24.5 Å². The van der Waals surface area contributed by atoms with Crippen LogP contribution >= 0.6 is 0 Å². The second-order valence-electron chi connectivity index (χ2n) is 11.0. The van der Waals surface area contributed by atoms with E-state index in [2.05, 4.69) is 41.9 Å². The molecule has 1 saturated heterocycles. The van der Waals surface area contributed by atoms with E-state index in [1.165, 1.54) is 29.6 Å². The Morgan fingerprint density at radius 2 is 1.91 bits per heavy atom. The van der Waals surface area contributed by atoms with Crippen molar-refractivity contribution in [2.24, 2.45) is 5.92 Å². The molecule has 35 heavy (non-hydrogen) atoms. The highest BCUT2D eigenvalue weighted by atomic mass is 16.6. The van der Waals surface area contributed by atoms with Crippen LogP contribution in [0.4, 0.5) is 10.6 Å². The maximum absolute atomic E-state index is 12.7. The molecule has 1 saturated carbocycles. The molecule has 0 N–H and O–H groups in total. The largest absolute Gasteiger partial charge is 0.444 e. The van der Waals surface area contributed by atoms with E-state index in [1.807, 2.05) is 38.1 Å². The molecule has 2 aliphatic carbocycles. The summed E-state index contributed by atoms with van der Waals surface area (Å²) in [5, 5.41) is 0. The third-order valence-corrected chi connectivity index (χ3v) is 6.83. The molecule has 2 aromatic rings. The second kappa shape index (κ2) is 9.10. The minimum Gasteiger partial charge on any atom is -0.444 e. The van der Waals surface area contributed by atoms with Crippen molar-refractivity contribution >= 4 is 23.1 Å². The van der Waals surface area contributed by atoms with Crippen LogP contribution in [0.15, 0.2) is 36.9 Å². The molecule has 184 valence electrons. The number of carbonyl (C=O) groups is 1. The zero-order valence-electron chi connectivity index (χ0n) is 21.4. The van der Waals surface area contributed by atoms with Crippen LogP contribution in [0.1, 0.15) is 62.9 Å². The number of nitrogens with zero attached hydrogens (tertiary/aromatic N) is 5. The molecule has 0 aromatic carbocycles. The van der Waals surface area contributed by atoms with Gasteiger partial charge in [0.15, 0.2) is 0 Å². The Bertz CT molecular complexity index is 1190. The third-order valence-electron chi connectivity index (χ3n) is 6.83. The first-order valence-corrected chi connectivity index (χ1v) is 12.6. The van der Waals surface area contributed by atoms with Crippen molar-refractivity contribution in [1.82, 2.24) is 19.9 Å². The van der Waals surface area contributed by atoms with Gasteiger partial charge in [0.1, 0.15) is 17.7 Å². The van der Waals surface area contributed by atoms with Crippen LogP contribution in [0.2, 0.25) is 0 Å². The Labute approximate surface area is 207 Å². The lowest BCUT2D eigenvalue weighted by molar-refractivity contribution is 0.0218. The van der Waals surface area contributed by atoms with E-state index in [9.17, 15) is 4.79 Å². The van der Waals surface area contributed by atoms with E-state index in [-0.39, 0.29) is 12.1 Å². The van der Waals surface area contributed by atoms with Gasteiger partial charge in [0.25, 0.3) is 0 Å². The summed E-state index contributed by atoms with van der Waals surface area (Å²) < 4.78 is 5.61. The summed E-state index contributed by atoms with van der Waals surface area (Å²) in [5.74, 6) is 1.55. The molecule has 1 aliphatic heterocycles. The Hall–Kier alpha value is -3.22. The van der Waals surface area contributed by atoms with Gasteiger partial charge in [-0.15, -0.1) is 0 Å². The molecular weight excluding hydrogens is 438 g/mol. The quantitative estimate of drug-likeness (QED) is 0.621. The monoisotopic (exact) mass is 473 g/mol. The zero-order chi connectivity index (χ0) is 24.7. The molecule has 3 aliphatic rings. The van der Waals surface area contributed by atoms with Crippen LogP contribution in [0.5, 0.6) is 0 Å². The van der Waals surface area contributed by atoms with Gasteiger partial charge in [-0.05, 0) is 81.7 Å². The number of hydrogen-bond acceptors (Lipinski definition) is 6. The first-order valence-electron chi connectivity index (χ1n) is 12.6. The van der Waals surface area contributed by atoms with Gasteiger partial charge < -0.3 is 14.5 Å². The molecule has 0 unspecified atom stereocenters. The van der Waals surface area contributed by atoms with Crippen LogP contribution in [0.25, 0.3) is 11.1 Å². The SMILES string of the molecule is Cc1cncc(C2=CC=C(C3CC3)c3c(ncnc3N3CCN(C(=O)OC(C)(C)C)C[C@@H]3C)C2)c1. The predicted molar refractivity (Wildman–Crippen MR) is 138 cm³/mol. The minimum atomic E-state index is -0.497. The Morgan fingerprint density at radius 1 is 1.11 bits per heavy atom. The molecule has 0 bridgehead atoms. The van der Waals surface area contributed by atoms with Crippen LogP contribution in [-0.2, 0) is 11.2 Å².